The number of hydrogen-bond acceptors (Lipinski definition) is 3. The van der Waals surface area contributed by atoms with E-state index in [1.54, 1.807) is 43.5 Å². The number of rotatable bonds is 6. The molecule has 2 aromatic rings. The van der Waals surface area contributed by atoms with Gasteiger partial charge in [0.05, 0.1) is 33.3 Å². The van der Waals surface area contributed by atoms with Crippen LogP contribution in [0.25, 0.3) is 0 Å². The number of carbonyl (C=O) groups excluding carboxylic acids is 1. The Balaban J connectivity index is 1.42. The fourth-order valence-corrected chi connectivity index (χ4v) is 3.09. The molecule has 2 aromatic carbocycles. The predicted octanol–water partition coefficient (Wildman–Crippen LogP) is 1.14. The van der Waals surface area contributed by atoms with E-state index in [4.69, 9.17) is 9.47 Å². The van der Waals surface area contributed by atoms with E-state index in [2.05, 4.69) is 0 Å². The highest BCUT2D eigenvalue weighted by Crippen LogP contribution is 2.17. The molecule has 0 spiro atoms. The quantitative estimate of drug-likeness (QED) is 0.841. The van der Waals surface area contributed by atoms with Gasteiger partial charge in [0.15, 0.2) is 6.61 Å². The molecule has 138 valence electrons. The van der Waals surface area contributed by atoms with Crippen molar-refractivity contribution >= 4 is 5.91 Å². The zero-order chi connectivity index (χ0) is 18.4. The molecule has 1 amide bonds. The summed E-state index contributed by atoms with van der Waals surface area (Å²) in [5.41, 5.74) is 0.989. The fraction of sp³-hybridized carbons (Fsp3) is 0.350. The lowest BCUT2D eigenvalue weighted by molar-refractivity contribution is -0.917. The van der Waals surface area contributed by atoms with Crippen LogP contribution in [0.5, 0.6) is 11.5 Å². The predicted molar refractivity (Wildman–Crippen MR) is 95.9 cm³/mol. The maximum atomic E-state index is 13.3. The maximum absolute atomic E-state index is 13.3. The average molecular weight is 359 g/mol. The molecule has 0 bridgehead atoms. The van der Waals surface area contributed by atoms with Gasteiger partial charge in [0, 0.05) is 5.56 Å². The number of piperazine rings is 1. The van der Waals surface area contributed by atoms with E-state index in [0.29, 0.717) is 18.8 Å². The molecule has 1 fully saturated rings. The molecule has 26 heavy (non-hydrogen) atoms. The first-order valence-electron chi connectivity index (χ1n) is 8.76. The summed E-state index contributed by atoms with van der Waals surface area (Å²) in [6.07, 6.45) is 0. The Morgan fingerprint density at radius 3 is 2.46 bits per heavy atom. The van der Waals surface area contributed by atoms with Crippen LogP contribution in [0.4, 0.5) is 4.39 Å². The highest BCUT2D eigenvalue weighted by atomic mass is 19.1. The Hall–Kier alpha value is -2.60. The van der Waals surface area contributed by atoms with Crippen molar-refractivity contribution in [3.8, 4) is 11.5 Å². The van der Waals surface area contributed by atoms with E-state index in [9.17, 15) is 9.18 Å². The number of quaternary nitrogens is 1. The lowest BCUT2D eigenvalue weighted by Crippen LogP contribution is -3.13. The smallest absolute Gasteiger partial charge is 0.260 e. The number of methoxy groups -OCH3 is 1. The number of hydrogen-bond donors (Lipinski definition) is 1. The number of nitrogens with one attached hydrogen (secondary N) is 1. The van der Waals surface area contributed by atoms with Crippen LogP contribution in [0.15, 0.2) is 48.5 Å². The fourth-order valence-electron chi connectivity index (χ4n) is 3.09. The van der Waals surface area contributed by atoms with Crippen molar-refractivity contribution in [1.82, 2.24) is 4.90 Å². The summed E-state index contributed by atoms with van der Waals surface area (Å²) in [5, 5.41) is 0. The molecule has 1 heterocycles. The third-order valence-corrected chi connectivity index (χ3v) is 4.59. The van der Waals surface area contributed by atoms with Crippen molar-refractivity contribution < 1.29 is 23.6 Å². The molecule has 5 nitrogen and oxygen atoms in total. The van der Waals surface area contributed by atoms with E-state index in [-0.39, 0.29) is 18.3 Å². The van der Waals surface area contributed by atoms with Crippen LogP contribution >= 0.6 is 0 Å². The van der Waals surface area contributed by atoms with Crippen molar-refractivity contribution in [1.29, 1.82) is 0 Å². The summed E-state index contributed by atoms with van der Waals surface area (Å²) in [6.45, 7) is 3.90. The van der Waals surface area contributed by atoms with Crippen LogP contribution in [0.3, 0.4) is 0 Å². The summed E-state index contributed by atoms with van der Waals surface area (Å²) in [7, 11) is 1.61. The lowest BCUT2D eigenvalue weighted by atomic mass is 10.2. The van der Waals surface area contributed by atoms with Gasteiger partial charge in [-0.3, -0.25) is 4.79 Å². The van der Waals surface area contributed by atoms with Crippen molar-refractivity contribution in [2.45, 2.75) is 6.54 Å². The van der Waals surface area contributed by atoms with Crippen LogP contribution in [0.2, 0.25) is 0 Å². The molecular formula is C20H24FN2O3+. The zero-order valence-electron chi connectivity index (χ0n) is 14.9. The van der Waals surface area contributed by atoms with Gasteiger partial charge in [0.2, 0.25) is 0 Å². The first-order valence-corrected chi connectivity index (χ1v) is 8.76. The van der Waals surface area contributed by atoms with Gasteiger partial charge in [-0.1, -0.05) is 12.1 Å². The number of nitrogens with zero attached hydrogens (tertiary/aromatic N) is 1. The highest BCUT2D eigenvalue weighted by Gasteiger charge is 2.24. The third-order valence-electron chi connectivity index (χ3n) is 4.59. The molecule has 0 atom stereocenters. The summed E-state index contributed by atoms with van der Waals surface area (Å²) in [6, 6.07) is 13.9. The number of amides is 1. The molecule has 1 aliphatic heterocycles. The minimum absolute atomic E-state index is 0.00868. The number of carbonyl (C=O) groups is 1. The van der Waals surface area contributed by atoms with E-state index < -0.39 is 0 Å². The van der Waals surface area contributed by atoms with Gasteiger partial charge in [-0.2, -0.15) is 0 Å². The Morgan fingerprint density at radius 2 is 1.81 bits per heavy atom. The van der Waals surface area contributed by atoms with Crippen LogP contribution in [0, 0.1) is 5.82 Å². The normalized spacial score (nSPS) is 14.9. The molecule has 1 N–H and O–H groups in total. The SMILES string of the molecule is COc1ccc(OCC(=O)N2CC[NH+](Cc3cccc(F)c3)CC2)cc1. The summed E-state index contributed by atoms with van der Waals surface area (Å²) in [5.74, 6) is 1.19. The minimum atomic E-state index is -0.202. The van der Waals surface area contributed by atoms with E-state index in [1.807, 2.05) is 11.0 Å². The minimum Gasteiger partial charge on any atom is -0.497 e. The molecule has 0 saturated carbocycles. The zero-order valence-corrected chi connectivity index (χ0v) is 14.9. The Kier molecular flexibility index (Phi) is 6.07. The molecule has 1 aliphatic rings. The second-order valence-electron chi connectivity index (χ2n) is 6.40. The molecule has 0 aromatic heterocycles. The first kappa shape index (κ1) is 18.2. The van der Waals surface area contributed by atoms with E-state index in [0.717, 1.165) is 30.9 Å². The van der Waals surface area contributed by atoms with Gasteiger partial charge in [0.25, 0.3) is 5.91 Å². The largest absolute Gasteiger partial charge is 0.497 e. The van der Waals surface area contributed by atoms with Gasteiger partial charge < -0.3 is 19.3 Å². The molecule has 1 saturated heterocycles. The van der Waals surface area contributed by atoms with E-state index in [1.165, 1.54) is 11.0 Å². The lowest BCUT2D eigenvalue weighted by Gasteiger charge is -2.32. The van der Waals surface area contributed by atoms with Crippen molar-refractivity contribution in [3.05, 3.63) is 59.9 Å². The molecule has 3 rings (SSSR count). The van der Waals surface area contributed by atoms with E-state index >= 15 is 0 Å². The second-order valence-corrected chi connectivity index (χ2v) is 6.40. The molecule has 6 heteroatoms. The Labute approximate surface area is 152 Å². The van der Waals surface area contributed by atoms with Crippen LogP contribution in [-0.2, 0) is 11.3 Å². The number of ether oxygens (including phenoxy) is 2. The Bertz CT molecular complexity index is 728. The van der Waals surface area contributed by atoms with Crippen LogP contribution in [0.1, 0.15) is 5.56 Å². The van der Waals surface area contributed by atoms with Gasteiger partial charge in [-0.25, -0.2) is 4.39 Å². The molecule has 0 unspecified atom stereocenters. The van der Waals surface area contributed by atoms with Gasteiger partial charge in [0.1, 0.15) is 23.9 Å². The molecule has 0 radical (unpaired) electrons. The third kappa shape index (κ3) is 4.95. The van der Waals surface area contributed by atoms with Crippen molar-refractivity contribution in [2.75, 3.05) is 39.9 Å². The monoisotopic (exact) mass is 359 g/mol. The van der Waals surface area contributed by atoms with Crippen molar-refractivity contribution in [3.63, 3.8) is 0 Å². The summed E-state index contributed by atoms with van der Waals surface area (Å²) in [4.78, 5) is 15.5. The van der Waals surface area contributed by atoms with Gasteiger partial charge in [-0.15, -0.1) is 0 Å². The number of halogens is 1. The summed E-state index contributed by atoms with van der Waals surface area (Å²) >= 11 is 0. The number of benzene rings is 2. The standard InChI is InChI=1S/C20H23FN2O3/c1-25-18-5-7-19(8-6-18)26-15-20(24)23-11-9-22(10-12-23)14-16-3-2-4-17(21)13-16/h2-8,13H,9-12,14-15H2,1H3/p+1. The first-order chi connectivity index (χ1) is 12.6. The summed E-state index contributed by atoms with van der Waals surface area (Å²) < 4.78 is 23.9. The topological polar surface area (TPSA) is 43.2 Å². The van der Waals surface area contributed by atoms with Crippen LogP contribution < -0.4 is 14.4 Å². The average Bonchev–Trinajstić information content (AvgIpc) is 2.67. The Morgan fingerprint density at radius 1 is 1.12 bits per heavy atom. The van der Waals surface area contributed by atoms with Crippen molar-refractivity contribution in [2.24, 2.45) is 0 Å². The maximum Gasteiger partial charge on any atom is 0.260 e. The highest BCUT2D eigenvalue weighted by molar-refractivity contribution is 5.77. The molecule has 0 aliphatic carbocycles. The second kappa shape index (κ2) is 8.67. The van der Waals surface area contributed by atoms with Gasteiger partial charge in [-0.05, 0) is 36.4 Å². The van der Waals surface area contributed by atoms with Gasteiger partial charge >= 0.3 is 0 Å². The van der Waals surface area contributed by atoms with Crippen LogP contribution in [-0.4, -0.2) is 50.7 Å². The molecular weight excluding hydrogens is 335 g/mol.